The van der Waals surface area contributed by atoms with Crippen molar-refractivity contribution < 1.29 is 0 Å². The van der Waals surface area contributed by atoms with Crippen molar-refractivity contribution in [1.82, 2.24) is 4.90 Å². The summed E-state index contributed by atoms with van der Waals surface area (Å²) in [6, 6.07) is 0. The van der Waals surface area contributed by atoms with Crippen LogP contribution in [0.5, 0.6) is 0 Å². The molecule has 1 rings (SSSR count). The Morgan fingerprint density at radius 3 is 2.73 bits per heavy atom. The van der Waals surface area contributed by atoms with Gasteiger partial charge in [0.15, 0.2) is 0 Å². The molecule has 0 atom stereocenters. The lowest BCUT2D eigenvalue weighted by molar-refractivity contribution is 0.343. The summed E-state index contributed by atoms with van der Waals surface area (Å²) in [6.45, 7) is 8.86. The van der Waals surface area contributed by atoms with E-state index >= 15 is 0 Å². The van der Waals surface area contributed by atoms with Gasteiger partial charge in [-0.25, -0.2) is 0 Å². The Labute approximate surface area is 94.1 Å². The summed E-state index contributed by atoms with van der Waals surface area (Å²) in [5, 5.41) is 0. The molecule has 0 fully saturated rings. The predicted octanol–water partition coefficient (Wildman–Crippen LogP) is 3.25. The van der Waals surface area contributed by atoms with Crippen LogP contribution >= 0.6 is 0 Å². The highest BCUT2D eigenvalue weighted by atomic mass is 15.1. The van der Waals surface area contributed by atoms with E-state index in [1.54, 1.807) is 0 Å². The highest BCUT2D eigenvalue weighted by molar-refractivity contribution is 5.82. The summed E-state index contributed by atoms with van der Waals surface area (Å²) >= 11 is 0. The molecule has 0 spiro atoms. The van der Waals surface area contributed by atoms with Crippen LogP contribution in [0.1, 0.15) is 46.5 Å². The van der Waals surface area contributed by atoms with Gasteiger partial charge in [0.25, 0.3) is 0 Å². The Morgan fingerprint density at radius 2 is 2.13 bits per heavy atom. The van der Waals surface area contributed by atoms with Crippen molar-refractivity contribution in [2.75, 3.05) is 20.1 Å². The van der Waals surface area contributed by atoms with E-state index in [1.165, 1.54) is 23.4 Å². The highest BCUT2D eigenvalue weighted by Crippen LogP contribution is 2.21. The highest BCUT2D eigenvalue weighted by Gasteiger charge is 2.14. The topological polar surface area (TPSA) is 15.6 Å². The van der Waals surface area contributed by atoms with Crippen molar-refractivity contribution in [3.05, 3.63) is 11.3 Å². The quantitative estimate of drug-likeness (QED) is 0.648. The molecular formula is C13H24N2. The third-order valence-corrected chi connectivity index (χ3v) is 2.96. The summed E-state index contributed by atoms with van der Waals surface area (Å²) in [6.07, 6.45) is 4.60. The van der Waals surface area contributed by atoms with E-state index in [1.807, 2.05) is 0 Å². The second-order valence-corrected chi connectivity index (χ2v) is 4.49. The van der Waals surface area contributed by atoms with Crippen LogP contribution in [0.2, 0.25) is 0 Å². The van der Waals surface area contributed by atoms with Crippen molar-refractivity contribution in [3.63, 3.8) is 0 Å². The first-order chi connectivity index (χ1) is 7.17. The fourth-order valence-corrected chi connectivity index (χ4v) is 2.07. The minimum Gasteiger partial charge on any atom is -0.302 e. The van der Waals surface area contributed by atoms with Crippen molar-refractivity contribution in [2.45, 2.75) is 46.5 Å². The maximum atomic E-state index is 4.78. The molecule has 2 heteroatoms. The molecule has 0 saturated heterocycles. The molecule has 1 aliphatic rings. The largest absolute Gasteiger partial charge is 0.302 e. The van der Waals surface area contributed by atoms with E-state index in [0.717, 1.165) is 32.4 Å². The van der Waals surface area contributed by atoms with E-state index in [4.69, 9.17) is 4.99 Å². The Morgan fingerprint density at radius 1 is 1.40 bits per heavy atom. The molecule has 0 aromatic rings. The smallest absolute Gasteiger partial charge is 0.0420 e. The van der Waals surface area contributed by atoms with E-state index in [0.29, 0.717) is 0 Å². The molecule has 0 aromatic carbocycles. The summed E-state index contributed by atoms with van der Waals surface area (Å²) < 4.78 is 0. The lowest BCUT2D eigenvalue weighted by Crippen LogP contribution is -2.27. The molecule has 15 heavy (non-hydrogen) atoms. The molecule has 1 aliphatic heterocycles. The van der Waals surface area contributed by atoms with Crippen LogP contribution in [-0.2, 0) is 0 Å². The maximum Gasteiger partial charge on any atom is 0.0420 e. The lowest BCUT2D eigenvalue weighted by atomic mass is 10.0. The summed E-state index contributed by atoms with van der Waals surface area (Å²) in [5.41, 5.74) is 4.18. The molecule has 0 radical (unpaired) electrons. The van der Waals surface area contributed by atoms with Gasteiger partial charge in [0.1, 0.15) is 0 Å². The second-order valence-electron chi connectivity index (χ2n) is 4.49. The zero-order chi connectivity index (χ0) is 11.3. The molecule has 86 valence electrons. The Bertz CT molecular complexity index is 264. The van der Waals surface area contributed by atoms with E-state index in [-0.39, 0.29) is 0 Å². The first-order valence-corrected chi connectivity index (χ1v) is 6.11. The van der Waals surface area contributed by atoms with Crippen molar-refractivity contribution >= 4 is 5.71 Å². The molecule has 0 unspecified atom stereocenters. The van der Waals surface area contributed by atoms with Crippen LogP contribution in [0.25, 0.3) is 0 Å². The minimum absolute atomic E-state index is 1.11. The Hall–Kier alpha value is -0.630. The normalized spacial score (nSPS) is 19.9. The van der Waals surface area contributed by atoms with Gasteiger partial charge in [0.05, 0.1) is 0 Å². The molecule has 0 amide bonds. The maximum absolute atomic E-state index is 4.78. The molecule has 0 saturated carbocycles. The average molecular weight is 208 g/mol. The Kier molecular flexibility index (Phi) is 5.03. The second kappa shape index (κ2) is 6.06. The van der Waals surface area contributed by atoms with E-state index in [9.17, 15) is 0 Å². The molecule has 2 nitrogen and oxygen atoms in total. The van der Waals surface area contributed by atoms with Crippen molar-refractivity contribution in [1.29, 1.82) is 0 Å². The van der Waals surface area contributed by atoms with Crippen molar-refractivity contribution in [2.24, 2.45) is 4.99 Å². The first-order valence-electron chi connectivity index (χ1n) is 6.11. The summed E-state index contributed by atoms with van der Waals surface area (Å²) in [5.74, 6) is 0. The van der Waals surface area contributed by atoms with Gasteiger partial charge in [-0.2, -0.15) is 0 Å². The van der Waals surface area contributed by atoms with Crippen LogP contribution in [0, 0.1) is 0 Å². The summed E-state index contributed by atoms with van der Waals surface area (Å²) in [7, 11) is 2.19. The molecule has 0 aliphatic carbocycles. The van der Waals surface area contributed by atoms with Gasteiger partial charge in [0, 0.05) is 30.9 Å². The predicted molar refractivity (Wildman–Crippen MR) is 67.4 cm³/mol. The zero-order valence-corrected chi connectivity index (χ0v) is 10.6. The molecule has 0 aromatic heterocycles. The Balaban J connectivity index is 2.77. The number of likely N-dealkylation sites (N-methyl/N-ethyl adjacent to an activating group) is 1. The van der Waals surface area contributed by atoms with Gasteiger partial charge in [-0.05, 0) is 32.4 Å². The van der Waals surface area contributed by atoms with Gasteiger partial charge in [0.2, 0.25) is 0 Å². The van der Waals surface area contributed by atoms with Gasteiger partial charge in [-0.3, -0.25) is 4.99 Å². The standard InChI is InChI=1S/C13H24N2/c1-5-7-11(3)14-13-8-9-15(4)10-12(13)6-2/h5-10H2,1-4H3. The van der Waals surface area contributed by atoms with Gasteiger partial charge >= 0.3 is 0 Å². The van der Waals surface area contributed by atoms with Crippen LogP contribution in [0.3, 0.4) is 0 Å². The third kappa shape index (κ3) is 3.78. The van der Waals surface area contributed by atoms with Gasteiger partial charge < -0.3 is 4.90 Å². The van der Waals surface area contributed by atoms with E-state index in [2.05, 4.69) is 32.7 Å². The van der Waals surface area contributed by atoms with Crippen LogP contribution in [0.4, 0.5) is 0 Å². The lowest BCUT2D eigenvalue weighted by Gasteiger charge is -2.25. The number of aliphatic imine (C=N–C) groups is 1. The zero-order valence-electron chi connectivity index (χ0n) is 10.6. The number of hydrogen-bond acceptors (Lipinski definition) is 2. The number of rotatable bonds is 4. The molecule has 0 bridgehead atoms. The van der Waals surface area contributed by atoms with Gasteiger partial charge in [-0.15, -0.1) is 0 Å². The summed E-state index contributed by atoms with van der Waals surface area (Å²) in [4.78, 5) is 7.16. The van der Waals surface area contributed by atoms with E-state index < -0.39 is 0 Å². The minimum atomic E-state index is 1.11. The number of nitrogens with zero attached hydrogens (tertiary/aromatic N) is 2. The molecule has 0 N–H and O–H groups in total. The SMILES string of the molecule is CCCC(C)=NC1=C(CC)CN(C)CC1. The van der Waals surface area contributed by atoms with Gasteiger partial charge in [-0.1, -0.05) is 20.3 Å². The molecule has 1 heterocycles. The average Bonchev–Trinajstić information content (AvgIpc) is 2.21. The van der Waals surface area contributed by atoms with Crippen LogP contribution in [-0.4, -0.2) is 30.7 Å². The number of hydrogen-bond donors (Lipinski definition) is 0. The fraction of sp³-hybridized carbons (Fsp3) is 0.769. The van der Waals surface area contributed by atoms with Crippen LogP contribution in [0.15, 0.2) is 16.3 Å². The van der Waals surface area contributed by atoms with Crippen molar-refractivity contribution in [3.8, 4) is 0 Å². The molecular weight excluding hydrogens is 184 g/mol. The van der Waals surface area contributed by atoms with Crippen LogP contribution < -0.4 is 0 Å². The fourth-order valence-electron chi connectivity index (χ4n) is 2.07. The third-order valence-electron chi connectivity index (χ3n) is 2.96. The monoisotopic (exact) mass is 208 g/mol. The first kappa shape index (κ1) is 12.4.